The van der Waals surface area contributed by atoms with Crippen LogP contribution in [0.3, 0.4) is 0 Å². The first-order valence-electron chi connectivity index (χ1n) is 9.79. The molecule has 160 valence electrons. The Bertz CT molecular complexity index is 1170. The molecule has 1 aliphatic carbocycles. The summed E-state index contributed by atoms with van der Waals surface area (Å²) in [6.07, 6.45) is 3.29. The molecule has 2 aliphatic rings. The predicted octanol–water partition coefficient (Wildman–Crippen LogP) is 2.78. The van der Waals surface area contributed by atoms with Crippen molar-refractivity contribution in [2.75, 3.05) is 13.1 Å². The zero-order chi connectivity index (χ0) is 21.8. The van der Waals surface area contributed by atoms with Crippen LogP contribution in [0.15, 0.2) is 49.1 Å². The third-order valence-corrected chi connectivity index (χ3v) is 6.04. The van der Waals surface area contributed by atoms with Crippen LogP contribution in [-0.2, 0) is 6.18 Å². The molecule has 1 aliphatic heterocycles. The Balaban J connectivity index is 1.16. The molecular formula is C21H18F3N5O2. The molecule has 2 aromatic heterocycles. The van der Waals surface area contributed by atoms with E-state index < -0.39 is 17.6 Å². The smallest absolute Gasteiger partial charge is 0.349 e. The first kappa shape index (κ1) is 19.5. The van der Waals surface area contributed by atoms with Gasteiger partial charge in [0.05, 0.1) is 29.0 Å². The zero-order valence-corrected chi connectivity index (χ0v) is 16.3. The third-order valence-electron chi connectivity index (χ3n) is 6.04. The molecule has 0 radical (unpaired) electrons. The van der Waals surface area contributed by atoms with Crippen LogP contribution in [0, 0.1) is 5.41 Å². The summed E-state index contributed by atoms with van der Waals surface area (Å²) in [5.74, 6) is -0.623. The summed E-state index contributed by atoms with van der Waals surface area (Å²) in [6, 6.07) is 4.29. The lowest BCUT2D eigenvalue weighted by molar-refractivity contribution is -0.137. The Kier molecular flexibility index (Phi) is 4.28. The lowest BCUT2D eigenvalue weighted by atomic mass is 9.60. The number of hydrogen-bond donors (Lipinski definition) is 1. The topological polar surface area (TPSA) is 79.6 Å². The molecular weight excluding hydrogens is 411 g/mol. The number of carbonyl (C=O) groups is 2. The lowest BCUT2D eigenvalue weighted by Crippen LogP contribution is -2.67. The van der Waals surface area contributed by atoms with Crippen LogP contribution in [0.4, 0.5) is 13.2 Å². The average Bonchev–Trinajstić information content (AvgIpc) is 3.12. The number of amides is 2. The van der Waals surface area contributed by atoms with Crippen molar-refractivity contribution in [2.45, 2.75) is 25.1 Å². The fraction of sp³-hybridized carbons (Fsp3) is 0.333. The summed E-state index contributed by atoms with van der Waals surface area (Å²) in [6.45, 7) is 1.17. The fourth-order valence-electron chi connectivity index (χ4n) is 4.53. The second kappa shape index (κ2) is 6.79. The second-order valence-corrected chi connectivity index (χ2v) is 8.28. The molecule has 1 saturated carbocycles. The molecule has 2 fully saturated rings. The Hall–Kier alpha value is -3.43. The molecule has 3 aromatic rings. The molecule has 31 heavy (non-hydrogen) atoms. The van der Waals surface area contributed by atoms with Crippen LogP contribution in [-0.4, -0.2) is 50.4 Å². The van der Waals surface area contributed by atoms with Gasteiger partial charge in [-0.15, -0.1) is 0 Å². The van der Waals surface area contributed by atoms with Crippen molar-refractivity contribution in [2.24, 2.45) is 5.41 Å². The van der Waals surface area contributed by atoms with E-state index in [-0.39, 0.29) is 22.9 Å². The van der Waals surface area contributed by atoms with Crippen LogP contribution in [0.25, 0.3) is 5.52 Å². The number of likely N-dealkylation sites (tertiary alicyclic amines) is 1. The van der Waals surface area contributed by atoms with E-state index in [0.29, 0.717) is 37.0 Å². The highest BCUT2D eigenvalue weighted by molar-refractivity contribution is 6.01. The van der Waals surface area contributed by atoms with Crippen LogP contribution < -0.4 is 5.32 Å². The normalized spacial score (nSPS) is 18.0. The highest BCUT2D eigenvalue weighted by Gasteiger charge is 2.54. The summed E-state index contributed by atoms with van der Waals surface area (Å²) >= 11 is 0. The maximum atomic E-state index is 12.8. The summed E-state index contributed by atoms with van der Waals surface area (Å²) in [4.78, 5) is 30.9. The monoisotopic (exact) mass is 429 g/mol. The Morgan fingerprint density at radius 3 is 2.68 bits per heavy atom. The van der Waals surface area contributed by atoms with Crippen LogP contribution in [0.2, 0.25) is 0 Å². The number of nitrogens with one attached hydrogen (secondary N) is 1. The molecule has 0 bridgehead atoms. The van der Waals surface area contributed by atoms with Gasteiger partial charge >= 0.3 is 6.18 Å². The average molecular weight is 429 g/mol. The van der Waals surface area contributed by atoms with Crippen LogP contribution >= 0.6 is 0 Å². The van der Waals surface area contributed by atoms with Gasteiger partial charge in [0.15, 0.2) is 0 Å². The highest BCUT2D eigenvalue weighted by atomic mass is 19.4. The number of nitrogens with zero attached hydrogens (tertiary/aromatic N) is 4. The Morgan fingerprint density at radius 1 is 1.16 bits per heavy atom. The minimum Gasteiger partial charge on any atom is -0.349 e. The van der Waals surface area contributed by atoms with Gasteiger partial charge in [-0.05, 0) is 31.0 Å². The predicted molar refractivity (Wildman–Crippen MR) is 103 cm³/mol. The highest BCUT2D eigenvalue weighted by Crippen LogP contribution is 2.48. The molecule has 1 aromatic carbocycles. The molecule has 10 heteroatoms. The lowest BCUT2D eigenvalue weighted by Gasteiger charge is -2.59. The molecule has 7 nitrogen and oxygen atoms in total. The number of aromatic nitrogens is 3. The van der Waals surface area contributed by atoms with Crippen molar-refractivity contribution in [3.8, 4) is 0 Å². The first-order valence-corrected chi connectivity index (χ1v) is 9.79. The van der Waals surface area contributed by atoms with Gasteiger partial charge in [0.25, 0.3) is 11.8 Å². The van der Waals surface area contributed by atoms with E-state index in [0.717, 1.165) is 12.1 Å². The summed E-state index contributed by atoms with van der Waals surface area (Å²) in [7, 11) is 0. The van der Waals surface area contributed by atoms with E-state index in [1.54, 1.807) is 28.0 Å². The van der Waals surface area contributed by atoms with Gasteiger partial charge in [-0.3, -0.25) is 14.6 Å². The first-order chi connectivity index (χ1) is 14.7. The van der Waals surface area contributed by atoms with E-state index in [9.17, 15) is 22.8 Å². The summed E-state index contributed by atoms with van der Waals surface area (Å²) < 4.78 is 40.1. The van der Waals surface area contributed by atoms with Crippen molar-refractivity contribution >= 4 is 17.3 Å². The molecule has 0 atom stereocenters. The minimum absolute atomic E-state index is 0.0112. The van der Waals surface area contributed by atoms with Crippen LogP contribution in [0.5, 0.6) is 0 Å². The van der Waals surface area contributed by atoms with Gasteiger partial charge in [0, 0.05) is 42.5 Å². The number of hydrogen-bond acceptors (Lipinski definition) is 4. The zero-order valence-electron chi connectivity index (χ0n) is 16.3. The third kappa shape index (κ3) is 3.41. The minimum atomic E-state index is -4.49. The standard InChI is InChI=1S/C21H18F3N5O2/c22-21(23,24)14-3-1-2-13(6-14)18(30)27-15-7-20(8-15)11-28(12-20)19(31)16-9-26-29-5-4-25-10-17(16)29/h1-6,9-10,15H,7-8,11-12H2,(H,27,30). The summed E-state index contributed by atoms with van der Waals surface area (Å²) in [5.41, 5.74) is 0.247. The van der Waals surface area contributed by atoms with Crippen molar-refractivity contribution in [3.05, 3.63) is 65.7 Å². The number of alkyl halides is 3. The maximum Gasteiger partial charge on any atom is 0.416 e. The Labute approximate surface area is 174 Å². The van der Waals surface area contributed by atoms with Crippen molar-refractivity contribution in [1.82, 2.24) is 24.8 Å². The molecule has 0 unspecified atom stereocenters. The SMILES string of the molecule is O=C(NC1CC2(C1)CN(C(=O)c1cnn3ccncc13)C2)c1cccc(C(F)(F)F)c1. The van der Waals surface area contributed by atoms with Gasteiger partial charge in [-0.1, -0.05) is 6.07 Å². The van der Waals surface area contributed by atoms with E-state index >= 15 is 0 Å². The van der Waals surface area contributed by atoms with Gasteiger partial charge in [0.2, 0.25) is 0 Å². The van der Waals surface area contributed by atoms with Crippen LogP contribution in [0.1, 0.15) is 39.1 Å². The van der Waals surface area contributed by atoms with Crippen molar-refractivity contribution in [1.29, 1.82) is 0 Å². The fourth-order valence-corrected chi connectivity index (χ4v) is 4.53. The molecule has 1 spiro atoms. The Morgan fingerprint density at radius 2 is 1.94 bits per heavy atom. The molecule has 5 rings (SSSR count). The maximum absolute atomic E-state index is 12.8. The van der Waals surface area contributed by atoms with Gasteiger partial charge < -0.3 is 10.2 Å². The number of benzene rings is 1. The van der Waals surface area contributed by atoms with E-state index in [1.807, 2.05) is 0 Å². The summed E-state index contributed by atoms with van der Waals surface area (Å²) in [5, 5.41) is 6.96. The van der Waals surface area contributed by atoms with E-state index in [4.69, 9.17) is 0 Å². The molecule has 3 heterocycles. The largest absolute Gasteiger partial charge is 0.416 e. The number of fused-ring (bicyclic) bond motifs is 1. The van der Waals surface area contributed by atoms with Gasteiger partial charge in [-0.2, -0.15) is 18.3 Å². The van der Waals surface area contributed by atoms with Gasteiger partial charge in [0.1, 0.15) is 0 Å². The number of rotatable bonds is 3. The van der Waals surface area contributed by atoms with Gasteiger partial charge in [-0.25, -0.2) is 4.52 Å². The van der Waals surface area contributed by atoms with Crippen molar-refractivity contribution < 1.29 is 22.8 Å². The molecule has 2 amide bonds. The molecule has 1 N–H and O–H groups in total. The van der Waals surface area contributed by atoms with E-state index in [1.165, 1.54) is 18.3 Å². The quantitative estimate of drug-likeness (QED) is 0.695. The number of carbonyl (C=O) groups excluding carboxylic acids is 2. The molecule has 1 saturated heterocycles. The number of halogens is 3. The van der Waals surface area contributed by atoms with E-state index in [2.05, 4.69) is 15.4 Å². The second-order valence-electron chi connectivity index (χ2n) is 8.28. The van der Waals surface area contributed by atoms with Crippen molar-refractivity contribution in [3.63, 3.8) is 0 Å².